The SMILES string of the molecule is Cc1ncc2ccccc2c1P(P)PP. The van der Waals surface area contributed by atoms with Gasteiger partial charge in [-0.15, -0.1) is 17.9 Å². The maximum absolute atomic E-state index is 4.47. The highest BCUT2D eigenvalue weighted by Gasteiger charge is 2.11. The van der Waals surface area contributed by atoms with Crippen molar-refractivity contribution in [2.45, 2.75) is 6.92 Å². The fraction of sp³-hybridized carbons (Fsp3) is 0.100. The summed E-state index contributed by atoms with van der Waals surface area (Å²) < 4.78 is 0. The van der Waals surface area contributed by atoms with E-state index in [1.54, 1.807) is 0 Å². The Bertz CT molecular complexity index is 486. The third-order valence-corrected chi connectivity index (χ3v) is 12.5. The first-order valence-corrected chi connectivity index (χ1v) is 11.2. The molecule has 0 radical (unpaired) electrons. The van der Waals surface area contributed by atoms with Crippen molar-refractivity contribution < 1.29 is 0 Å². The van der Waals surface area contributed by atoms with Crippen molar-refractivity contribution in [2.24, 2.45) is 0 Å². The van der Waals surface area contributed by atoms with Crippen LogP contribution in [0.2, 0.25) is 0 Å². The number of aromatic nitrogens is 1. The fourth-order valence-electron chi connectivity index (χ4n) is 1.62. The molecule has 0 aliphatic rings. The molecule has 0 saturated carbocycles. The maximum atomic E-state index is 4.47. The lowest BCUT2D eigenvalue weighted by Crippen LogP contribution is -2.05. The maximum Gasteiger partial charge on any atom is 0.0462 e. The van der Waals surface area contributed by atoms with Crippen molar-refractivity contribution in [1.29, 1.82) is 0 Å². The number of fused-ring (bicyclic) bond motifs is 1. The van der Waals surface area contributed by atoms with Gasteiger partial charge < -0.3 is 0 Å². The Labute approximate surface area is 97.5 Å². The normalized spacial score (nSPS) is 13.8. The van der Waals surface area contributed by atoms with E-state index in [0.717, 1.165) is 7.96 Å². The zero-order chi connectivity index (χ0) is 10.8. The molecule has 0 aliphatic carbocycles. The van der Waals surface area contributed by atoms with E-state index >= 15 is 0 Å². The molecule has 1 aromatic heterocycles. The van der Waals surface area contributed by atoms with Gasteiger partial charge in [0.15, 0.2) is 0 Å². The van der Waals surface area contributed by atoms with Gasteiger partial charge in [0.2, 0.25) is 0 Å². The van der Waals surface area contributed by atoms with E-state index in [1.165, 1.54) is 21.8 Å². The van der Waals surface area contributed by atoms with Crippen LogP contribution in [0.25, 0.3) is 10.8 Å². The Morgan fingerprint density at radius 2 is 2.07 bits per heavy atom. The minimum Gasteiger partial charge on any atom is -0.260 e. The van der Waals surface area contributed by atoms with Gasteiger partial charge in [0.25, 0.3) is 0 Å². The van der Waals surface area contributed by atoms with Gasteiger partial charge in [0.1, 0.15) is 0 Å². The van der Waals surface area contributed by atoms with Crippen molar-refractivity contribution in [3.63, 3.8) is 0 Å². The third-order valence-electron chi connectivity index (χ3n) is 2.34. The molecule has 78 valence electrons. The topological polar surface area (TPSA) is 12.9 Å². The van der Waals surface area contributed by atoms with E-state index in [-0.39, 0.29) is 7.30 Å². The summed E-state index contributed by atoms with van der Waals surface area (Å²) in [6.45, 7) is 2.10. The van der Waals surface area contributed by atoms with E-state index in [0.29, 0.717) is 0 Å². The molecule has 0 aliphatic heterocycles. The summed E-state index contributed by atoms with van der Waals surface area (Å²) >= 11 is 0. The molecule has 2 aromatic rings. The molecule has 2 rings (SSSR count). The fourth-order valence-corrected chi connectivity index (χ4v) is 5.99. The lowest BCUT2D eigenvalue weighted by atomic mass is 10.1. The third kappa shape index (κ3) is 2.38. The number of benzene rings is 1. The Kier molecular flexibility index (Phi) is 4.04. The largest absolute Gasteiger partial charge is 0.260 e. The molecule has 1 heterocycles. The van der Waals surface area contributed by atoms with Gasteiger partial charge in [-0.1, -0.05) is 32.2 Å². The molecule has 0 fully saturated rings. The highest BCUT2D eigenvalue weighted by atomic mass is 32.6. The molecule has 5 heteroatoms. The van der Waals surface area contributed by atoms with Crippen LogP contribution in [0.4, 0.5) is 0 Å². The number of rotatable bonds is 2. The summed E-state index contributed by atoms with van der Waals surface area (Å²) in [5.41, 5.74) is 1.17. The first kappa shape index (κ1) is 11.8. The van der Waals surface area contributed by atoms with Crippen molar-refractivity contribution in [1.82, 2.24) is 4.98 Å². The number of aryl methyl sites for hydroxylation is 1. The van der Waals surface area contributed by atoms with Gasteiger partial charge in [-0.2, -0.15) is 0 Å². The average Bonchev–Trinajstić information content (AvgIpc) is 2.28. The Morgan fingerprint density at radius 3 is 2.80 bits per heavy atom. The first-order chi connectivity index (χ1) is 7.24. The Hall–Kier alpha value is 0.350. The predicted octanol–water partition coefficient (Wildman–Crippen LogP) is 3.82. The Balaban J connectivity index is 2.74. The molecule has 0 amide bonds. The molecule has 4 atom stereocenters. The van der Waals surface area contributed by atoms with Crippen LogP contribution >= 0.6 is 33.1 Å². The molecular weight excluding hydrogens is 258 g/mol. The van der Waals surface area contributed by atoms with Gasteiger partial charge in [-0.3, -0.25) is 4.98 Å². The minimum absolute atomic E-state index is 0.149. The molecule has 0 spiro atoms. The molecule has 0 bridgehead atoms. The average molecular weight is 271 g/mol. The van der Waals surface area contributed by atoms with Crippen LogP contribution in [0.1, 0.15) is 5.69 Å². The van der Waals surface area contributed by atoms with Crippen molar-refractivity contribution in [2.75, 3.05) is 0 Å². The van der Waals surface area contributed by atoms with Crippen LogP contribution in [0, 0.1) is 6.92 Å². The molecule has 0 saturated heterocycles. The number of pyridine rings is 1. The summed E-state index contributed by atoms with van der Waals surface area (Å²) in [6.07, 6.45) is 1.97. The van der Waals surface area contributed by atoms with Gasteiger partial charge in [-0.05, 0) is 19.6 Å². The van der Waals surface area contributed by atoms with Crippen LogP contribution < -0.4 is 5.30 Å². The van der Waals surface area contributed by atoms with Crippen LogP contribution in [0.3, 0.4) is 0 Å². The Morgan fingerprint density at radius 1 is 1.33 bits per heavy atom. The second kappa shape index (κ2) is 5.12. The molecule has 15 heavy (non-hydrogen) atoms. The zero-order valence-corrected chi connectivity index (χ0v) is 12.6. The summed E-state index contributed by atoms with van der Waals surface area (Å²) in [6, 6.07) is 8.50. The van der Waals surface area contributed by atoms with Crippen LogP contribution in [-0.4, -0.2) is 4.98 Å². The molecule has 1 nitrogen and oxygen atoms in total. The quantitative estimate of drug-likeness (QED) is 0.756. The molecular formula is C10H13NP4. The lowest BCUT2D eigenvalue weighted by molar-refractivity contribution is 1.25. The second-order valence-electron chi connectivity index (χ2n) is 3.28. The predicted molar refractivity (Wildman–Crippen MR) is 80.8 cm³/mol. The van der Waals surface area contributed by atoms with E-state index < -0.39 is 0 Å². The smallest absolute Gasteiger partial charge is 0.0462 e. The highest BCUT2D eigenvalue weighted by Crippen LogP contribution is 2.65. The molecule has 0 N–H and O–H groups in total. The number of hydrogen-bond donors (Lipinski definition) is 0. The lowest BCUT2D eigenvalue weighted by Gasteiger charge is -2.14. The number of nitrogens with zero attached hydrogens (tertiary/aromatic N) is 1. The van der Waals surface area contributed by atoms with Gasteiger partial charge >= 0.3 is 0 Å². The first-order valence-electron chi connectivity index (χ1n) is 4.59. The molecule has 1 aromatic carbocycles. The van der Waals surface area contributed by atoms with Crippen molar-refractivity contribution in [3.8, 4) is 0 Å². The number of hydrogen-bond acceptors (Lipinski definition) is 1. The van der Waals surface area contributed by atoms with Crippen molar-refractivity contribution in [3.05, 3.63) is 36.2 Å². The van der Waals surface area contributed by atoms with Crippen molar-refractivity contribution >= 4 is 49.2 Å². The van der Waals surface area contributed by atoms with Gasteiger partial charge in [0.05, 0.1) is 0 Å². The van der Waals surface area contributed by atoms with E-state index in [1.807, 2.05) is 6.20 Å². The van der Waals surface area contributed by atoms with Crippen LogP contribution in [0.5, 0.6) is 0 Å². The monoisotopic (exact) mass is 271 g/mol. The van der Waals surface area contributed by atoms with Gasteiger partial charge in [-0.25, -0.2) is 0 Å². The van der Waals surface area contributed by atoms with E-state index in [4.69, 9.17) is 0 Å². The van der Waals surface area contributed by atoms with Gasteiger partial charge in [0, 0.05) is 22.6 Å². The van der Waals surface area contributed by atoms with Crippen LogP contribution in [-0.2, 0) is 0 Å². The standard InChI is InChI=1S/C10H13NP4/c1-7-10(15(13)14-12)9-5-3-2-4-8(9)6-11-7/h2-6,14H,12-13H2,1H3. The highest BCUT2D eigenvalue weighted by molar-refractivity contribution is 8.63. The summed E-state index contributed by atoms with van der Waals surface area (Å²) in [5.74, 6) is 0. The molecule has 4 unspecified atom stereocenters. The summed E-state index contributed by atoms with van der Waals surface area (Å²) in [7, 11) is 6.54. The summed E-state index contributed by atoms with van der Waals surface area (Å²) in [5, 5.41) is 4.04. The van der Waals surface area contributed by atoms with E-state index in [2.05, 4.69) is 54.0 Å². The minimum atomic E-state index is -0.149. The van der Waals surface area contributed by atoms with E-state index in [9.17, 15) is 0 Å². The summed E-state index contributed by atoms with van der Waals surface area (Å²) in [4.78, 5) is 4.47. The second-order valence-corrected chi connectivity index (χ2v) is 12.4. The van der Waals surface area contributed by atoms with Crippen LogP contribution in [0.15, 0.2) is 30.5 Å². The zero-order valence-electron chi connectivity index (χ0n) is 8.44.